The second kappa shape index (κ2) is 7.05. The number of hydrogen-bond acceptors (Lipinski definition) is 2. The summed E-state index contributed by atoms with van der Waals surface area (Å²) in [5.41, 5.74) is 1.28. The molecular weight excluding hydrogens is 266 g/mol. The average molecular weight is 286 g/mol. The van der Waals surface area contributed by atoms with Crippen LogP contribution in [0.25, 0.3) is 0 Å². The van der Waals surface area contributed by atoms with Crippen LogP contribution in [-0.2, 0) is 4.74 Å². The van der Waals surface area contributed by atoms with E-state index < -0.39 is 0 Å². The standard InChI is InChI=1S/C13H20BrNO/c1-4-16-9-10(2)15-11(3)12-7-5-6-8-13(12)14/h5-8,10-11,15H,4,9H2,1-3H3/t10?,11-/m1/s1. The molecule has 1 aromatic carbocycles. The van der Waals surface area contributed by atoms with Gasteiger partial charge in [-0.3, -0.25) is 0 Å². The maximum atomic E-state index is 5.39. The zero-order valence-corrected chi connectivity index (χ0v) is 11.8. The van der Waals surface area contributed by atoms with Crippen molar-refractivity contribution in [3.8, 4) is 0 Å². The molecule has 0 radical (unpaired) electrons. The van der Waals surface area contributed by atoms with Crippen molar-refractivity contribution in [1.29, 1.82) is 0 Å². The van der Waals surface area contributed by atoms with Gasteiger partial charge in [0.15, 0.2) is 0 Å². The van der Waals surface area contributed by atoms with Crippen LogP contribution < -0.4 is 5.32 Å². The van der Waals surface area contributed by atoms with Crippen LogP contribution in [0.5, 0.6) is 0 Å². The molecule has 16 heavy (non-hydrogen) atoms. The predicted molar refractivity (Wildman–Crippen MR) is 71.6 cm³/mol. The lowest BCUT2D eigenvalue weighted by atomic mass is 10.1. The molecule has 0 aliphatic rings. The van der Waals surface area contributed by atoms with Crippen molar-refractivity contribution < 1.29 is 4.74 Å². The summed E-state index contributed by atoms with van der Waals surface area (Å²) in [4.78, 5) is 0. The van der Waals surface area contributed by atoms with E-state index >= 15 is 0 Å². The number of benzene rings is 1. The van der Waals surface area contributed by atoms with E-state index in [0.29, 0.717) is 12.1 Å². The highest BCUT2D eigenvalue weighted by Gasteiger charge is 2.11. The second-order valence-electron chi connectivity index (χ2n) is 3.97. The summed E-state index contributed by atoms with van der Waals surface area (Å²) in [7, 11) is 0. The molecule has 0 aliphatic carbocycles. The first-order valence-corrected chi connectivity index (χ1v) is 6.52. The van der Waals surface area contributed by atoms with Gasteiger partial charge in [-0.15, -0.1) is 0 Å². The molecule has 0 saturated carbocycles. The molecular formula is C13H20BrNO. The molecule has 1 N–H and O–H groups in total. The highest BCUT2D eigenvalue weighted by Crippen LogP contribution is 2.22. The van der Waals surface area contributed by atoms with Gasteiger partial charge in [0.05, 0.1) is 6.61 Å². The predicted octanol–water partition coefficient (Wildman–Crippen LogP) is 3.52. The molecule has 2 atom stereocenters. The molecule has 1 unspecified atom stereocenters. The highest BCUT2D eigenvalue weighted by atomic mass is 79.9. The molecule has 0 spiro atoms. The van der Waals surface area contributed by atoms with E-state index in [9.17, 15) is 0 Å². The van der Waals surface area contributed by atoms with Crippen LogP contribution in [0, 0.1) is 0 Å². The van der Waals surface area contributed by atoms with Gasteiger partial charge in [-0.2, -0.15) is 0 Å². The van der Waals surface area contributed by atoms with Crippen LogP contribution >= 0.6 is 15.9 Å². The Balaban J connectivity index is 2.52. The van der Waals surface area contributed by atoms with E-state index in [1.165, 1.54) is 5.56 Å². The number of ether oxygens (including phenoxy) is 1. The van der Waals surface area contributed by atoms with Gasteiger partial charge in [0, 0.05) is 23.2 Å². The van der Waals surface area contributed by atoms with Gasteiger partial charge < -0.3 is 10.1 Å². The van der Waals surface area contributed by atoms with Gasteiger partial charge in [0.2, 0.25) is 0 Å². The third-order valence-corrected chi connectivity index (χ3v) is 3.20. The lowest BCUT2D eigenvalue weighted by Crippen LogP contribution is -2.33. The fourth-order valence-electron chi connectivity index (χ4n) is 1.69. The molecule has 0 aromatic heterocycles. The summed E-state index contributed by atoms with van der Waals surface area (Å²) < 4.78 is 6.54. The van der Waals surface area contributed by atoms with Crippen LogP contribution in [0.15, 0.2) is 28.7 Å². The third kappa shape index (κ3) is 4.24. The Hall–Kier alpha value is -0.380. The highest BCUT2D eigenvalue weighted by molar-refractivity contribution is 9.10. The van der Waals surface area contributed by atoms with Crippen LogP contribution in [0.3, 0.4) is 0 Å². The topological polar surface area (TPSA) is 21.3 Å². The minimum absolute atomic E-state index is 0.325. The summed E-state index contributed by atoms with van der Waals surface area (Å²) in [6, 6.07) is 8.98. The molecule has 3 heteroatoms. The van der Waals surface area contributed by atoms with Crippen LogP contribution in [0.1, 0.15) is 32.4 Å². The Morgan fingerprint density at radius 3 is 2.62 bits per heavy atom. The Morgan fingerprint density at radius 1 is 1.31 bits per heavy atom. The molecule has 0 heterocycles. The van der Waals surface area contributed by atoms with E-state index in [1.54, 1.807) is 0 Å². The van der Waals surface area contributed by atoms with Crippen molar-refractivity contribution in [2.45, 2.75) is 32.9 Å². The number of halogens is 1. The van der Waals surface area contributed by atoms with Crippen molar-refractivity contribution in [3.63, 3.8) is 0 Å². The first-order valence-electron chi connectivity index (χ1n) is 5.73. The first-order chi connectivity index (χ1) is 7.65. The molecule has 0 fully saturated rings. The second-order valence-corrected chi connectivity index (χ2v) is 4.82. The Bertz CT molecular complexity index is 317. The molecule has 0 bridgehead atoms. The van der Waals surface area contributed by atoms with Crippen molar-refractivity contribution in [2.24, 2.45) is 0 Å². The zero-order valence-electron chi connectivity index (χ0n) is 10.2. The van der Waals surface area contributed by atoms with E-state index in [4.69, 9.17) is 4.74 Å². The average Bonchev–Trinajstić information content (AvgIpc) is 2.26. The first kappa shape index (κ1) is 13.7. The molecule has 90 valence electrons. The molecule has 0 amide bonds. The van der Waals surface area contributed by atoms with Gasteiger partial charge in [-0.05, 0) is 32.4 Å². The quantitative estimate of drug-likeness (QED) is 0.864. The van der Waals surface area contributed by atoms with Gasteiger partial charge in [0.1, 0.15) is 0 Å². The van der Waals surface area contributed by atoms with E-state index in [-0.39, 0.29) is 0 Å². The fourth-order valence-corrected chi connectivity index (χ4v) is 2.31. The van der Waals surface area contributed by atoms with Crippen LogP contribution in [0.4, 0.5) is 0 Å². The minimum atomic E-state index is 0.325. The summed E-state index contributed by atoms with van der Waals surface area (Å²) in [6.07, 6.45) is 0. The zero-order chi connectivity index (χ0) is 12.0. The van der Waals surface area contributed by atoms with Crippen molar-refractivity contribution >= 4 is 15.9 Å². The lowest BCUT2D eigenvalue weighted by Gasteiger charge is -2.21. The van der Waals surface area contributed by atoms with E-state index in [1.807, 2.05) is 13.0 Å². The fraction of sp³-hybridized carbons (Fsp3) is 0.538. The maximum absolute atomic E-state index is 5.39. The SMILES string of the molecule is CCOCC(C)N[C@H](C)c1ccccc1Br. The molecule has 2 nitrogen and oxygen atoms in total. The molecule has 1 rings (SSSR count). The number of hydrogen-bond donors (Lipinski definition) is 1. The van der Waals surface area contributed by atoms with Crippen molar-refractivity contribution in [3.05, 3.63) is 34.3 Å². The van der Waals surface area contributed by atoms with Crippen molar-refractivity contribution in [1.82, 2.24) is 5.32 Å². The van der Waals surface area contributed by atoms with Crippen LogP contribution in [-0.4, -0.2) is 19.3 Å². The summed E-state index contributed by atoms with van der Waals surface area (Å²) in [5, 5.41) is 3.52. The maximum Gasteiger partial charge on any atom is 0.0616 e. The minimum Gasteiger partial charge on any atom is -0.380 e. The normalized spacial score (nSPS) is 14.8. The molecule has 1 aromatic rings. The van der Waals surface area contributed by atoms with Crippen LogP contribution in [0.2, 0.25) is 0 Å². The number of rotatable bonds is 6. The van der Waals surface area contributed by atoms with E-state index in [0.717, 1.165) is 17.7 Å². The van der Waals surface area contributed by atoms with E-state index in [2.05, 4.69) is 53.3 Å². The Kier molecular flexibility index (Phi) is 6.03. The van der Waals surface area contributed by atoms with Gasteiger partial charge >= 0.3 is 0 Å². The molecule has 0 aliphatic heterocycles. The Labute approximate surface area is 107 Å². The number of nitrogens with one attached hydrogen (secondary N) is 1. The van der Waals surface area contributed by atoms with Crippen molar-refractivity contribution in [2.75, 3.05) is 13.2 Å². The van der Waals surface area contributed by atoms with Gasteiger partial charge in [-0.25, -0.2) is 0 Å². The largest absolute Gasteiger partial charge is 0.380 e. The van der Waals surface area contributed by atoms with Gasteiger partial charge in [0.25, 0.3) is 0 Å². The lowest BCUT2D eigenvalue weighted by molar-refractivity contribution is 0.124. The molecule has 0 saturated heterocycles. The monoisotopic (exact) mass is 285 g/mol. The smallest absolute Gasteiger partial charge is 0.0616 e. The summed E-state index contributed by atoms with van der Waals surface area (Å²) in [6.45, 7) is 7.86. The summed E-state index contributed by atoms with van der Waals surface area (Å²) in [5.74, 6) is 0. The third-order valence-electron chi connectivity index (χ3n) is 2.48. The van der Waals surface area contributed by atoms with Gasteiger partial charge in [-0.1, -0.05) is 34.1 Å². The summed E-state index contributed by atoms with van der Waals surface area (Å²) >= 11 is 3.57. The Morgan fingerprint density at radius 2 is 2.00 bits per heavy atom.